The molecule has 8 nitrogen and oxygen atoms in total. The predicted molar refractivity (Wildman–Crippen MR) is 93.8 cm³/mol. The highest BCUT2D eigenvalue weighted by atomic mass is 16.5. The lowest BCUT2D eigenvalue weighted by molar-refractivity contribution is -0.132. The number of imide groups is 1. The number of carbonyl (C=O) groups excluding carboxylic acids is 3. The van der Waals surface area contributed by atoms with Crippen LogP contribution in [-0.2, 0) is 4.79 Å². The van der Waals surface area contributed by atoms with Crippen molar-refractivity contribution in [3.63, 3.8) is 0 Å². The van der Waals surface area contributed by atoms with Crippen LogP contribution in [0, 0.1) is 6.92 Å². The number of nitrogens with zero attached hydrogens (tertiary/aromatic N) is 4. The SMILES string of the molecule is Cc1noc(C2CCCN2C(=O)CCCN2C(=O)c3ccccc3C2=O)n1. The first kappa shape index (κ1) is 17.4. The van der Waals surface area contributed by atoms with Crippen LogP contribution >= 0.6 is 0 Å². The lowest BCUT2D eigenvalue weighted by Gasteiger charge is -2.22. The van der Waals surface area contributed by atoms with Gasteiger partial charge in [-0.2, -0.15) is 4.98 Å². The molecule has 27 heavy (non-hydrogen) atoms. The largest absolute Gasteiger partial charge is 0.337 e. The van der Waals surface area contributed by atoms with Crippen LogP contribution in [-0.4, -0.2) is 50.8 Å². The van der Waals surface area contributed by atoms with E-state index in [1.165, 1.54) is 4.90 Å². The molecule has 2 aliphatic heterocycles. The van der Waals surface area contributed by atoms with Gasteiger partial charge in [-0.3, -0.25) is 19.3 Å². The molecule has 0 N–H and O–H groups in total. The number of likely N-dealkylation sites (tertiary alicyclic amines) is 1. The molecular weight excluding hydrogens is 348 g/mol. The van der Waals surface area contributed by atoms with E-state index in [0.29, 0.717) is 35.8 Å². The molecule has 3 amide bonds. The first-order chi connectivity index (χ1) is 13.1. The minimum absolute atomic E-state index is 0.0232. The summed E-state index contributed by atoms with van der Waals surface area (Å²) in [7, 11) is 0. The average Bonchev–Trinajstić information content (AvgIpc) is 3.37. The Morgan fingerprint density at radius 1 is 1.22 bits per heavy atom. The van der Waals surface area contributed by atoms with Crippen molar-refractivity contribution >= 4 is 17.7 Å². The number of hydrogen-bond donors (Lipinski definition) is 0. The molecule has 4 rings (SSSR count). The summed E-state index contributed by atoms with van der Waals surface area (Å²) in [5.41, 5.74) is 0.861. The summed E-state index contributed by atoms with van der Waals surface area (Å²) < 4.78 is 5.23. The van der Waals surface area contributed by atoms with E-state index < -0.39 is 0 Å². The summed E-state index contributed by atoms with van der Waals surface area (Å²) in [6.45, 7) is 2.63. The first-order valence-corrected chi connectivity index (χ1v) is 9.11. The number of aryl methyl sites for hydroxylation is 1. The van der Waals surface area contributed by atoms with Crippen LogP contribution in [0.2, 0.25) is 0 Å². The molecule has 0 aliphatic carbocycles. The molecular formula is C19H20N4O4. The van der Waals surface area contributed by atoms with Crippen LogP contribution < -0.4 is 0 Å². The van der Waals surface area contributed by atoms with Crippen molar-refractivity contribution in [2.24, 2.45) is 0 Å². The fourth-order valence-electron chi connectivity index (χ4n) is 3.74. The van der Waals surface area contributed by atoms with Crippen molar-refractivity contribution in [1.29, 1.82) is 0 Å². The summed E-state index contributed by atoms with van der Waals surface area (Å²) in [5.74, 6) is 0.422. The zero-order chi connectivity index (χ0) is 19.0. The molecule has 1 saturated heterocycles. The highest BCUT2D eigenvalue weighted by Gasteiger charge is 2.36. The molecule has 2 aromatic rings. The molecule has 2 aliphatic rings. The molecule has 1 aromatic carbocycles. The predicted octanol–water partition coefficient (Wildman–Crippen LogP) is 2.12. The maximum absolute atomic E-state index is 12.6. The van der Waals surface area contributed by atoms with Crippen molar-refractivity contribution in [1.82, 2.24) is 19.9 Å². The lowest BCUT2D eigenvalue weighted by atomic mass is 10.1. The van der Waals surface area contributed by atoms with E-state index >= 15 is 0 Å². The molecule has 0 bridgehead atoms. The fourth-order valence-corrected chi connectivity index (χ4v) is 3.74. The molecule has 0 spiro atoms. The number of hydrogen-bond acceptors (Lipinski definition) is 6. The smallest absolute Gasteiger partial charge is 0.261 e. The molecule has 1 fully saturated rings. The van der Waals surface area contributed by atoms with Crippen LogP contribution in [0.15, 0.2) is 28.8 Å². The summed E-state index contributed by atoms with van der Waals surface area (Å²) >= 11 is 0. The van der Waals surface area contributed by atoms with Crippen molar-refractivity contribution in [2.75, 3.05) is 13.1 Å². The van der Waals surface area contributed by atoms with Crippen LogP contribution in [0.1, 0.15) is 64.2 Å². The molecule has 1 atom stereocenters. The lowest BCUT2D eigenvalue weighted by Crippen LogP contribution is -2.33. The zero-order valence-electron chi connectivity index (χ0n) is 15.1. The number of benzene rings is 1. The second kappa shape index (κ2) is 6.94. The molecule has 0 radical (unpaired) electrons. The van der Waals surface area contributed by atoms with E-state index in [1.807, 2.05) is 0 Å². The Bertz CT molecular complexity index is 872. The van der Waals surface area contributed by atoms with Crippen LogP contribution in [0.25, 0.3) is 0 Å². The topological polar surface area (TPSA) is 96.6 Å². The van der Waals surface area contributed by atoms with E-state index in [2.05, 4.69) is 10.1 Å². The van der Waals surface area contributed by atoms with Gasteiger partial charge in [-0.05, 0) is 38.3 Å². The molecule has 8 heteroatoms. The number of aromatic nitrogens is 2. The Morgan fingerprint density at radius 3 is 2.56 bits per heavy atom. The van der Waals surface area contributed by atoms with Gasteiger partial charge in [-0.15, -0.1) is 0 Å². The summed E-state index contributed by atoms with van der Waals surface area (Å²) in [4.78, 5) is 44.6. The fraction of sp³-hybridized carbons (Fsp3) is 0.421. The van der Waals surface area contributed by atoms with Crippen molar-refractivity contribution in [3.05, 3.63) is 47.1 Å². The van der Waals surface area contributed by atoms with Gasteiger partial charge in [0.2, 0.25) is 11.8 Å². The van der Waals surface area contributed by atoms with E-state index in [4.69, 9.17) is 4.52 Å². The van der Waals surface area contributed by atoms with Crippen LogP contribution in [0.3, 0.4) is 0 Å². The third-order valence-electron chi connectivity index (χ3n) is 5.05. The Labute approximate surface area is 156 Å². The Hall–Kier alpha value is -3.03. The summed E-state index contributed by atoms with van der Waals surface area (Å²) in [6.07, 6.45) is 2.37. The van der Waals surface area contributed by atoms with Crippen molar-refractivity contribution < 1.29 is 18.9 Å². The molecule has 1 unspecified atom stereocenters. The standard InChI is InChI=1S/C19H20N4O4/c1-12-20-17(27-21-12)15-8-4-10-22(15)16(24)9-5-11-23-18(25)13-6-2-3-7-14(13)19(23)26/h2-3,6-7,15H,4-5,8-11H2,1H3. The first-order valence-electron chi connectivity index (χ1n) is 9.11. The maximum atomic E-state index is 12.6. The van der Waals surface area contributed by atoms with Gasteiger partial charge in [0.1, 0.15) is 6.04 Å². The van der Waals surface area contributed by atoms with Gasteiger partial charge < -0.3 is 9.42 Å². The van der Waals surface area contributed by atoms with Crippen LogP contribution in [0.5, 0.6) is 0 Å². The highest BCUT2D eigenvalue weighted by Crippen LogP contribution is 2.31. The normalized spacial score (nSPS) is 19.1. The minimum Gasteiger partial charge on any atom is -0.337 e. The van der Waals surface area contributed by atoms with Gasteiger partial charge in [-0.1, -0.05) is 17.3 Å². The van der Waals surface area contributed by atoms with Gasteiger partial charge in [0.05, 0.1) is 11.1 Å². The molecule has 1 aromatic heterocycles. The number of amides is 3. The van der Waals surface area contributed by atoms with Gasteiger partial charge >= 0.3 is 0 Å². The van der Waals surface area contributed by atoms with E-state index in [0.717, 1.165) is 12.8 Å². The summed E-state index contributed by atoms with van der Waals surface area (Å²) in [6, 6.07) is 6.61. The van der Waals surface area contributed by atoms with Crippen molar-refractivity contribution in [2.45, 2.75) is 38.6 Å². The van der Waals surface area contributed by atoms with Gasteiger partial charge in [-0.25, -0.2) is 0 Å². The monoisotopic (exact) mass is 368 g/mol. The van der Waals surface area contributed by atoms with Gasteiger partial charge in [0, 0.05) is 19.5 Å². The molecule has 140 valence electrons. The summed E-state index contributed by atoms with van der Waals surface area (Å²) in [5, 5.41) is 3.80. The number of rotatable bonds is 5. The number of fused-ring (bicyclic) bond motifs is 1. The third kappa shape index (κ3) is 3.11. The van der Waals surface area contributed by atoms with E-state index in [1.54, 1.807) is 36.1 Å². The van der Waals surface area contributed by atoms with Gasteiger partial charge in [0.15, 0.2) is 5.82 Å². The Morgan fingerprint density at radius 2 is 1.93 bits per heavy atom. The van der Waals surface area contributed by atoms with E-state index in [9.17, 15) is 14.4 Å². The zero-order valence-corrected chi connectivity index (χ0v) is 15.1. The Balaban J connectivity index is 1.35. The second-order valence-corrected chi connectivity index (χ2v) is 6.84. The maximum Gasteiger partial charge on any atom is 0.261 e. The second-order valence-electron chi connectivity index (χ2n) is 6.84. The Kier molecular flexibility index (Phi) is 4.47. The quantitative estimate of drug-likeness (QED) is 0.750. The molecule has 0 saturated carbocycles. The van der Waals surface area contributed by atoms with Gasteiger partial charge in [0.25, 0.3) is 11.8 Å². The molecule has 3 heterocycles. The van der Waals surface area contributed by atoms with Crippen LogP contribution in [0.4, 0.5) is 0 Å². The average molecular weight is 368 g/mol. The minimum atomic E-state index is -0.288. The third-order valence-corrected chi connectivity index (χ3v) is 5.05. The van der Waals surface area contributed by atoms with E-state index in [-0.39, 0.29) is 36.7 Å². The number of carbonyl (C=O) groups is 3. The highest BCUT2D eigenvalue weighted by molar-refractivity contribution is 6.21. The van der Waals surface area contributed by atoms with Crippen molar-refractivity contribution in [3.8, 4) is 0 Å².